The number of nitrogens with zero attached hydrogens (tertiary/aromatic N) is 6. The van der Waals surface area contributed by atoms with Crippen LogP contribution in [-0.4, -0.2) is 40.4 Å². The zero-order valence-corrected chi connectivity index (χ0v) is 22.4. The second-order valence-corrected chi connectivity index (χ2v) is 9.82. The Balaban J connectivity index is 1.46. The van der Waals surface area contributed by atoms with E-state index in [1.165, 1.54) is 11.1 Å². The van der Waals surface area contributed by atoms with Crippen LogP contribution in [0.25, 0.3) is 16.6 Å². The fourth-order valence-corrected chi connectivity index (χ4v) is 5.03. The maximum Gasteiger partial charge on any atom is 0.128 e. The number of piperidine rings is 1. The molecule has 0 atom stereocenters. The summed E-state index contributed by atoms with van der Waals surface area (Å²) in [6, 6.07) is 8.73. The predicted octanol–water partition coefficient (Wildman–Crippen LogP) is 6.81. The monoisotopic (exact) mass is 494 g/mol. The van der Waals surface area contributed by atoms with Crippen LogP contribution >= 0.6 is 0 Å². The van der Waals surface area contributed by atoms with E-state index in [0.29, 0.717) is 11.5 Å². The van der Waals surface area contributed by atoms with Crippen LogP contribution < -0.4 is 4.90 Å². The summed E-state index contributed by atoms with van der Waals surface area (Å²) in [6.45, 7) is 9.30. The highest BCUT2D eigenvalue weighted by molar-refractivity contribution is 5.84. The minimum atomic E-state index is 0.590. The van der Waals surface area contributed by atoms with Gasteiger partial charge in [-0.25, -0.2) is 9.50 Å². The molecule has 1 saturated heterocycles. The Hall–Kier alpha value is -3.72. The van der Waals surface area contributed by atoms with Gasteiger partial charge in [0.15, 0.2) is 0 Å². The van der Waals surface area contributed by atoms with Crippen LogP contribution in [0.3, 0.4) is 0 Å². The van der Waals surface area contributed by atoms with Crippen LogP contribution in [0.4, 0.5) is 5.82 Å². The molecule has 0 saturated carbocycles. The number of rotatable bonds is 10. The first-order valence-corrected chi connectivity index (χ1v) is 13.6. The van der Waals surface area contributed by atoms with Crippen molar-refractivity contribution >= 4 is 17.5 Å². The summed E-state index contributed by atoms with van der Waals surface area (Å²) >= 11 is 0. The number of pyridine rings is 2. The number of aliphatic imine (C=N–C) groups is 1. The molecule has 1 aliphatic rings. The Labute approximate surface area is 221 Å². The molecule has 192 valence electrons. The average molecular weight is 495 g/mol. The number of aromatic nitrogens is 3. The van der Waals surface area contributed by atoms with Gasteiger partial charge in [-0.15, -0.1) is 0 Å². The number of anilines is 1. The zero-order valence-electron chi connectivity index (χ0n) is 22.4. The van der Waals surface area contributed by atoms with E-state index < -0.39 is 0 Å². The van der Waals surface area contributed by atoms with Crippen molar-refractivity contribution in [1.82, 2.24) is 14.6 Å². The molecule has 1 fully saturated rings. The molecule has 6 nitrogen and oxygen atoms in total. The van der Waals surface area contributed by atoms with Crippen molar-refractivity contribution in [3.8, 4) is 17.2 Å². The molecule has 4 rings (SSSR count). The topological polar surface area (TPSA) is 69.6 Å². The number of fused-ring (bicyclic) bond motifs is 1. The van der Waals surface area contributed by atoms with Crippen LogP contribution in [0.1, 0.15) is 64.0 Å². The maximum atomic E-state index is 9.62. The molecule has 0 bridgehead atoms. The first-order valence-electron chi connectivity index (χ1n) is 13.6. The Bertz CT molecular complexity index is 1300. The predicted molar refractivity (Wildman–Crippen MR) is 153 cm³/mol. The molecule has 0 aliphatic carbocycles. The number of hydrogen-bond acceptors (Lipinski definition) is 5. The molecule has 1 aliphatic heterocycles. The summed E-state index contributed by atoms with van der Waals surface area (Å²) in [5.41, 5.74) is 6.01. The summed E-state index contributed by atoms with van der Waals surface area (Å²) < 4.78 is 1.84. The number of aryl methyl sites for hydroxylation is 1. The van der Waals surface area contributed by atoms with Crippen molar-refractivity contribution in [2.24, 2.45) is 10.9 Å². The number of hydrogen-bond donors (Lipinski definition) is 0. The van der Waals surface area contributed by atoms with E-state index in [-0.39, 0.29) is 0 Å². The van der Waals surface area contributed by atoms with Crippen LogP contribution in [0.5, 0.6) is 0 Å². The van der Waals surface area contributed by atoms with Gasteiger partial charge in [0.25, 0.3) is 0 Å². The third-order valence-corrected chi connectivity index (χ3v) is 6.96. The third-order valence-electron chi connectivity index (χ3n) is 6.96. The first-order chi connectivity index (χ1) is 18.2. The summed E-state index contributed by atoms with van der Waals surface area (Å²) in [5.74, 6) is 1.69. The van der Waals surface area contributed by atoms with E-state index in [2.05, 4.69) is 84.5 Å². The quantitative estimate of drug-likeness (QED) is 0.229. The van der Waals surface area contributed by atoms with E-state index in [4.69, 9.17) is 4.98 Å². The molecule has 4 heterocycles. The van der Waals surface area contributed by atoms with Gasteiger partial charge in [-0.2, -0.15) is 10.4 Å². The van der Waals surface area contributed by atoms with Gasteiger partial charge in [0.1, 0.15) is 11.9 Å². The van der Waals surface area contributed by atoms with Crippen molar-refractivity contribution in [2.75, 3.05) is 24.5 Å². The highest BCUT2D eigenvalue weighted by Crippen LogP contribution is 2.31. The first kappa shape index (κ1) is 26.3. The maximum absolute atomic E-state index is 9.62. The second-order valence-electron chi connectivity index (χ2n) is 9.82. The molecule has 0 spiro atoms. The largest absolute Gasteiger partial charge is 0.357 e. The van der Waals surface area contributed by atoms with E-state index in [1.54, 1.807) is 6.20 Å². The van der Waals surface area contributed by atoms with Crippen LogP contribution in [0.15, 0.2) is 65.6 Å². The summed E-state index contributed by atoms with van der Waals surface area (Å²) in [6.07, 6.45) is 20.6. The molecular weight excluding hydrogens is 456 g/mol. The van der Waals surface area contributed by atoms with Gasteiger partial charge in [0.05, 0.1) is 17.3 Å². The SMILES string of the molecule is C/C=C/C=C(\C=N/CCC)CC1CCN(c2ccc(-c3cc(CCC)cn4ncc(C#N)c34)cn2)CC1. The molecule has 3 aromatic rings. The summed E-state index contributed by atoms with van der Waals surface area (Å²) in [4.78, 5) is 11.8. The van der Waals surface area contributed by atoms with Gasteiger partial charge in [-0.3, -0.25) is 4.99 Å². The van der Waals surface area contributed by atoms with Crippen LogP contribution in [0.2, 0.25) is 0 Å². The highest BCUT2D eigenvalue weighted by atomic mass is 15.2. The molecular formula is C31H38N6. The third kappa shape index (κ3) is 6.54. The van der Waals surface area contributed by atoms with E-state index >= 15 is 0 Å². The lowest BCUT2D eigenvalue weighted by molar-refractivity contribution is 0.405. The fourth-order valence-electron chi connectivity index (χ4n) is 5.03. The Morgan fingerprint density at radius 1 is 1.19 bits per heavy atom. The van der Waals surface area contributed by atoms with Crippen molar-refractivity contribution in [3.63, 3.8) is 0 Å². The van der Waals surface area contributed by atoms with Gasteiger partial charge in [-0.1, -0.05) is 38.5 Å². The van der Waals surface area contributed by atoms with Gasteiger partial charge in [-0.05, 0) is 74.3 Å². The molecule has 37 heavy (non-hydrogen) atoms. The molecule has 3 aromatic heterocycles. The molecule has 0 unspecified atom stereocenters. The molecule has 0 amide bonds. The molecule has 0 aromatic carbocycles. The Morgan fingerprint density at radius 2 is 2.03 bits per heavy atom. The molecule has 0 N–H and O–H groups in total. The molecule has 0 radical (unpaired) electrons. The van der Waals surface area contributed by atoms with E-state index in [1.807, 2.05) is 16.9 Å². The normalized spacial score (nSPS) is 15.3. The lowest BCUT2D eigenvalue weighted by atomic mass is 9.90. The van der Waals surface area contributed by atoms with Crippen molar-refractivity contribution in [3.05, 3.63) is 71.7 Å². The van der Waals surface area contributed by atoms with Gasteiger partial charge in [0, 0.05) is 49.4 Å². The minimum absolute atomic E-state index is 0.590. The van der Waals surface area contributed by atoms with E-state index in [0.717, 1.165) is 80.6 Å². The smallest absolute Gasteiger partial charge is 0.128 e. The van der Waals surface area contributed by atoms with Gasteiger partial charge in [0.2, 0.25) is 0 Å². The van der Waals surface area contributed by atoms with Gasteiger partial charge < -0.3 is 4.90 Å². The van der Waals surface area contributed by atoms with E-state index in [9.17, 15) is 5.26 Å². The lowest BCUT2D eigenvalue weighted by Crippen LogP contribution is -2.34. The molecule has 6 heteroatoms. The second kappa shape index (κ2) is 13.0. The highest BCUT2D eigenvalue weighted by Gasteiger charge is 2.21. The number of allylic oxidation sites excluding steroid dienone is 4. The number of nitriles is 1. The standard InChI is InChI=1S/C31H38N6/c1-4-7-9-25(20-33-14-6-3)17-24-12-15-36(16-13-24)30-11-10-27(21-34-30)29-18-26(8-5-2)23-37-31(29)28(19-32)22-35-37/h4,7,9-11,18,20-24H,5-6,8,12-17H2,1-3H3/b7-4+,25-9-,33-20-. The lowest BCUT2D eigenvalue weighted by Gasteiger charge is -2.33. The van der Waals surface area contributed by atoms with Crippen molar-refractivity contribution < 1.29 is 0 Å². The van der Waals surface area contributed by atoms with Crippen molar-refractivity contribution in [2.45, 2.75) is 59.3 Å². The van der Waals surface area contributed by atoms with Crippen LogP contribution in [0, 0.1) is 17.2 Å². The fraction of sp³-hybridized carbons (Fsp3) is 0.419. The Morgan fingerprint density at radius 3 is 2.70 bits per heavy atom. The van der Waals surface area contributed by atoms with Crippen molar-refractivity contribution in [1.29, 1.82) is 5.26 Å². The summed E-state index contributed by atoms with van der Waals surface area (Å²) in [5, 5.41) is 14.0. The summed E-state index contributed by atoms with van der Waals surface area (Å²) in [7, 11) is 0. The minimum Gasteiger partial charge on any atom is -0.357 e. The van der Waals surface area contributed by atoms with Gasteiger partial charge >= 0.3 is 0 Å². The van der Waals surface area contributed by atoms with Crippen LogP contribution in [-0.2, 0) is 6.42 Å². The average Bonchev–Trinajstić information content (AvgIpc) is 3.35. The Kier molecular flexibility index (Phi) is 9.26. The zero-order chi connectivity index (χ0) is 26.0.